The molecule has 0 amide bonds. The molecule has 4 heteroatoms. The Kier molecular flexibility index (Phi) is 4.18. The van der Waals surface area contributed by atoms with Crippen molar-refractivity contribution in [3.8, 4) is 0 Å². The summed E-state index contributed by atoms with van der Waals surface area (Å²) in [6.45, 7) is 5.77. The van der Waals surface area contributed by atoms with Crippen LogP contribution in [0.3, 0.4) is 0 Å². The van der Waals surface area contributed by atoms with Crippen LogP contribution >= 0.6 is 0 Å². The lowest BCUT2D eigenvalue weighted by Gasteiger charge is -2.18. The summed E-state index contributed by atoms with van der Waals surface area (Å²) in [5.41, 5.74) is 0. The zero-order valence-corrected chi connectivity index (χ0v) is 8.60. The van der Waals surface area contributed by atoms with E-state index in [1.54, 1.807) is 0 Å². The Morgan fingerprint density at radius 2 is 2.25 bits per heavy atom. The molecule has 1 unspecified atom stereocenters. The fourth-order valence-electron chi connectivity index (χ4n) is 1.45. The van der Waals surface area contributed by atoms with E-state index in [1.165, 1.54) is 0 Å². The molecule has 72 valence electrons. The third kappa shape index (κ3) is 2.28. The lowest BCUT2D eigenvalue weighted by atomic mass is 10.2. The van der Waals surface area contributed by atoms with E-state index in [0.29, 0.717) is 12.6 Å². The molecule has 1 aliphatic rings. The Bertz CT molecular complexity index is 163. The first kappa shape index (κ1) is 10.2. The molecule has 1 aliphatic heterocycles. The standard InChI is InChI=1S/C8H17NO2S/c1-3-5-8-7-11-12(10)9(8)6-4-2/h8H,3-7H2,1-2H3/t8?,12-/m1/s1. The highest BCUT2D eigenvalue weighted by atomic mass is 32.2. The van der Waals surface area contributed by atoms with Crippen molar-refractivity contribution in [1.29, 1.82) is 0 Å². The molecule has 3 nitrogen and oxygen atoms in total. The first-order chi connectivity index (χ1) is 5.79. The predicted molar refractivity (Wildman–Crippen MR) is 49.8 cm³/mol. The van der Waals surface area contributed by atoms with E-state index in [9.17, 15) is 4.21 Å². The highest BCUT2D eigenvalue weighted by Gasteiger charge is 2.30. The lowest BCUT2D eigenvalue weighted by molar-refractivity contribution is 0.296. The largest absolute Gasteiger partial charge is 0.276 e. The maximum absolute atomic E-state index is 11.3. The molecular formula is C8H17NO2S. The van der Waals surface area contributed by atoms with Crippen molar-refractivity contribution in [3.05, 3.63) is 0 Å². The highest BCUT2D eigenvalue weighted by Crippen LogP contribution is 2.18. The molecule has 1 fully saturated rings. The summed E-state index contributed by atoms with van der Waals surface area (Å²) in [4.78, 5) is 0. The zero-order chi connectivity index (χ0) is 8.97. The van der Waals surface area contributed by atoms with Gasteiger partial charge in [0.25, 0.3) is 0 Å². The van der Waals surface area contributed by atoms with Crippen molar-refractivity contribution in [2.24, 2.45) is 0 Å². The molecule has 0 aromatic heterocycles. The number of rotatable bonds is 4. The van der Waals surface area contributed by atoms with Crippen LogP contribution in [0.15, 0.2) is 0 Å². The molecule has 0 aliphatic carbocycles. The Hall–Kier alpha value is 0.0700. The molecule has 0 radical (unpaired) electrons. The van der Waals surface area contributed by atoms with Crippen LogP contribution in [0.4, 0.5) is 0 Å². The van der Waals surface area contributed by atoms with E-state index in [4.69, 9.17) is 4.18 Å². The summed E-state index contributed by atoms with van der Waals surface area (Å²) >= 11 is -1.16. The normalized spacial score (nSPS) is 31.2. The van der Waals surface area contributed by atoms with Crippen LogP contribution in [0.2, 0.25) is 0 Å². The van der Waals surface area contributed by atoms with Crippen LogP contribution in [0.25, 0.3) is 0 Å². The van der Waals surface area contributed by atoms with Gasteiger partial charge in [-0.15, -0.1) is 0 Å². The van der Waals surface area contributed by atoms with Crippen molar-refractivity contribution in [2.45, 2.75) is 39.2 Å². The van der Waals surface area contributed by atoms with Gasteiger partial charge in [0, 0.05) is 12.6 Å². The minimum Gasteiger partial charge on any atom is -0.276 e. The van der Waals surface area contributed by atoms with Crippen molar-refractivity contribution < 1.29 is 8.39 Å². The number of nitrogens with zero attached hydrogens (tertiary/aromatic N) is 1. The van der Waals surface area contributed by atoms with Gasteiger partial charge >= 0.3 is 0 Å². The Balaban J connectivity index is 2.45. The summed E-state index contributed by atoms with van der Waals surface area (Å²) in [5.74, 6) is 0. The van der Waals surface area contributed by atoms with Crippen LogP contribution in [0, 0.1) is 0 Å². The molecule has 0 aromatic rings. The summed E-state index contributed by atoms with van der Waals surface area (Å²) in [6, 6.07) is 0.385. The van der Waals surface area contributed by atoms with Gasteiger partial charge in [-0.3, -0.25) is 4.18 Å². The predicted octanol–water partition coefficient (Wildman–Crippen LogP) is 1.48. The molecule has 12 heavy (non-hydrogen) atoms. The summed E-state index contributed by atoms with van der Waals surface area (Å²) in [7, 11) is 0. The van der Waals surface area contributed by atoms with Gasteiger partial charge in [0.15, 0.2) is 0 Å². The van der Waals surface area contributed by atoms with Gasteiger partial charge in [0.05, 0.1) is 6.61 Å². The van der Waals surface area contributed by atoms with Gasteiger partial charge in [0.2, 0.25) is 11.3 Å². The van der Waals surface area contributed by atoms with Gasteiger partial charge in [-0.05, 0) is 12.8 Å². The van der Waals surface area contributed by atoms with Crippen molar-refractivity contribution >= 4 is 11.3 Å². The monoisotopic (exact) mass is 191 g/mol. The molecule has 1 saturated heterocycles. The van der Waals surface area contributed by atoms with Crippen molar-refractivity contribution in [1.82, 2.24) is 4.31 Å². The van der Waals surface area contributed by atoms with Gasteiger partial charge < -0.3 is 0 Å². The van der Waals surface area contributed by atoms with E-state index in [-0.39, 0.29) is 0 Å². The summed E-state index contributed by atoms with van der Waals surface area (Å²) < 4.78 is 18.3. The second kappa shape index (κ2) is 4.94. The fourth-order valence-corrected chi connectivity index (χ4v) is 2.60. The Labute approximate surface area is 76.9 Å². The molecule has 0 spiro atoms. The average molecular weight is 191 g/mol. The topological polar surface area (TPSA) is 29.5 Å². The van der Waals surface area contributed by atoms with Gasteiger partial charge in [-0.2, -0.15) is 4.31 Å². The second-order valence-corrected chi connectivity index (χ2v) is 4.22. The Morgan fingerprint density at radius 3 is 2.83 bits per heavy atom. The molecule has 1 heterocycles. The van der Waals surface area contributed by atoms with E-state index < -0.39 is 11.3 Å². The second-order valence-electron chi connectivity index (χ2n) is 3.08. The molecular weight excluding hydrogens is 174 g/mol. The lowest BCUT2D eigenvalue weighted by Crippen LogP contribution is -2.31. The molecule has 0 aromatic carbocycles. The average Bonchev–Trinajstić information content (AvgIpc) is 2.37. The third-order valence-electron chi connectivity index (χ3n) is 2.03. The smallest absolute Gasteiger partial charge is 0.237 e. The molecule has 2 atom stereocenters. The minimum atomic E-state index is -1.16. The zero-order valence-electron chi connectivity index (χ0n) is 7.78. The highest BCUT2D eigenvalue weighted by molar-refractivity contribution is 7.78. The summed E-state index contributed by atoms with van der Waals surface area (Å²) in [6.07, 6.45) is 3.26. The first-order valence-corrected chi connectivity index (χ1v) is 5.64. The first-order valence-electron chi connectivity index (χ1n) is 4.61. The third-order valence-corrected chi connectivity index (χ3v) is 3.23. The van der Waals surface area contributed by atoms with Gasteiger partial charge in [-0.25, -0.2) is 4.21 Å². The van der Waals surface area contributed by atoms with Crippen molar-refractivity contribution in [2.75, 3.05) is 13.2 Å². The van der Waals surface area contributed by atoms with Crippen LogP contribution in [0.5, 0.6) is 0 Å². The maximum Gasteiger partial charge on any atom is 0.237 e. The quantitative estimate of drug-likeness (QED) is 0.673. The van der Waals surface area contributed by atoms with E-state index in [1.807, 2.05) is 4.31 Å². The van der Waals surface area contributed by atoms with Crippen LogP contribution < -0.4 is 0 Å². The van der Waals surface area contributed by atoms with Crippen LogP contribution in [-0.2, 0) is 15.4 Å². The van der Waals surface area contributed by atoms with E-state index in [0.717, 1.165) is 25.8 Å². The van der Waals surface area contributed by atoms with E-state index >= 15 is 0 Å². The number of hydrogen-bond donors (Lipinski definition) is 0. The number of hydrogen-bond acceptors (Lipinski definition) is 2. The Morgan fingerprint density at radius 1 is 1.50 bits per heavy atom. The SMILES string of the molecule is CCCC1CO[S@@](=O)N1CCC. The van der Waals surface area contributed by atoms with Gasteiger partial charge in [0.1, 0.15) is 0 Å². The maximum atomic E-state index is 11.3. The van der Waals surface area contributed by atoms with Crippen molar-refractivity contribution in [3.63, 3.8) is 0 Å². The molecule has 0 bridgehead atoms. The van der Waals surface area contributed by atoms with Crippen LogP contribution in [-0.4, -0.2) is 27.7 Å². The molecule has 0 saturated carbocycles. The molecule has 0 N–H and O–H groups in total. The van der Waals surface area contributed by atoms with Crippen LogP contribution in [0.1, 0.15) is 33.1 Å². The van der Waals surface area contributed by atoms with E-state index in [2.05, 4.69) is 13.8 Å². The summed E-state index contributed by atoms with van der Waals surface area (Å²) in [5, 5.41) is 0. The van der Waals surface area contributed by atoms with Gasteiger partial charge in [-0.1, -0.05) is 20.3 Å². The minimum absolute atomic E-state index is 0.385. The fraction of sp³-hybridized carbons (Fsp3) is 1.00. The molecule has 1 rings (SSSR count).